The number of rotatable bonds is 7. The van der Waals surface area contributed by atoms with Crippen LogP contribution in [0, 0.1) is 5.92 Å². The average Bonchev–Trinajstić information content (AvgIpc) is 2.10. The fourth-order valence-electron chi connectivity index (χ4n) is 1.97. The molecule has 0 aliphatic heterocycles. The Labute approximate surface area is 93.5 Å². The summed E-state index contributed by atoms with van der Waals surface area (Å²) >= 11 is 0. The van der Waals surface area contributed by atoms with Crippen LogP contribution in [0.3, 0.4) is 0 Å². The van der Waals surface area contributed by atoms with Crippen LogP contribution in [-0.2, 0) is 10.4 Å². The average molecular weight is 259 g/mol. The molecule has 15 heavy (non-hydrogen) atoms. The zero-order chi connectivity index (χ0) is 12.1. The zero-order valence-electron chi connectivity index (χ0n) is 10.0. The van der Waals surface area contributed by atoms with Crippen molar-refractivity contribution in [2.45, 2.75) is 27.7 Å². The second kappa shape index (κ2) is 6.12. The Morgan fingerprint density at radius 2 is 1.73 bits per heavy atom. The van der Waals surface area contributed by atoms with E-state index >= 15 is 0 Å². The Morgan fingerprint density at radius 1 is 1.27 bits per heavy atom. The third-order valence-corrected chi connectivity index (χ3v) is 9.32. The molecule has 0 aromatic heterocycles. The molecular formula is C9H23FNO2PS. The predicted octanol–water partition coefficient (Wildman–Crippen LogP) is 2.19. The Balaban J connectivity index is 4.50. The van der Waals surface area contributed by atoms with Crippen molar-refractivity contribution >= 4 is 17.7 Å². The van der Waals surface area contributed by atoms with E-state index in [1.54, 1.807) is 0 Å². The maximum atomic E-state index is 12.4. The van der Waals surface area contributed by atoms with Crippen molar-refractivity contribution < 1.29 is 12.3 Å². The van der Waals surface area contributed by atoms with Crippen LogP contribution in [0.1, 0.15) is 27.7 Å². The molecule has 0 atom stereocenters. The van der Waals surface area contributed by atoms with E-state index in [1.807, 2.05) is 4.72 Å². The SMILES string of the molecule is CC[PH](CC)(CNS(=O)(=O)F)CC(C)C. The first-order chi connectivity index (χ1) is 6.74. The monoisotopic (exact) mass is 259 g/mol. The molecule has 0 aromatic carbocycles. The zero-order valence-corrected chi connectivity index (χ0v) is 11.8. The summed E-state index contributed by atoms with van der Waals surface area (Å²) in [5, 5.41) is 0. The van der Waals surface area contributed by atoms with Gasteiger partial charge in [0.05, 0.1) is 0 Å². The molecule has 0 heterocycles. The van der Waals surface area contributed by atoms with Gasteiger partial charge in [-0.1, -0.05) is 0 Å². The third kappa shape index (κ3) is 6.44. The topological polar surface area (TPSA) is 46.2 Å². The molecule has 0 amide bonds. The first kappa shape index (κ1) is 15.3. The molecule has 0 aromatic rings. The molecule has 6 heteroatoms. The summed E-state index contributed by atoms with van der Waals surface area (Å²) in [6, 6.07) is 0. The van der Waals surface area contributed by atoms with Gasteiger partial charge in [0.1, 0.15) is 0 Å². The van der Waals surface area contributed by atoms with E-state index in [1.165, 1.54) is 0 Å². The van der Waals surface area contributed by atoms with Crippen molar-refractivity contribution in [1.82, 2.24) is 4.72 Å². The normalized spacial score (nSPS) is 14.5. The molecule has 0 rings (SSSR count). The van der Waals surface area contributed by atoms with E-state index in [-0.39, 0.29) is 0 Å². The van der Waals surface area contributed by atoms with Gasteiger partial charge in [-0.25, -0.2) is 0 Å². The predicted molar refractivity (Wildman–Crippen MR) is 67.1 cm³/mol. The quantitative estimate of drug-likeness (QED) is 0.562. The molecule has 0 saturated carbocycles. The first-order valence-electron chi connectivity index (χ1n) is 5.44. The van der Waals surface area contributed by atoms with Crippen LogP contribution in [0.25, 0.3) is 0 Å². The first-order valence-corrected chi connectivity index (χ1v) is 9.65. The van der Waals surface area contributed by atoms with E-state index < -0.39 is 17.7 Å². The minimum absolute atomic E-state index is 0.330. The third-order valence-electron chi connectivity index (χ3n) is 2.96. The van der Waals surface area contributed by atoms with E-state index in [0.29, 0.717) is 12.2 Å². The van der Waals surface area contributed by atoms with Crippen molar-refractivity contribution in [2.24, 2.45) is 5.92 Å². The number of halogens is 1. The second-order valence-electron chi connectivity index (χ2n) is 4.56. The standard InChI is InChI=1S/C9H23FNO2PS/c1-5-14(6-2,7-9(3)4)8-11-15(10,12)13/h9,11,14H,5-8H2,1-4H3. The van der Waals surface area contributed by atoms with E-state index in [2.05, 4.69) is 27.7 Å². The van der Waals surface area contributed by atoms with Gasteiger partial charge >= 0.3 is 93.1 Å². The van der Waals surface area contributed by atoms with E-state index in [4.69, 9.17) is 0 Å². The molecule has 0 fully saturated rings. The summed E-state index contributed by atoms with van der Waals surface area (Å²) < 4.78 is 35.3. The number of hydrogen-bond acceptors (Lipinski definition) is 2. The molecule has 1 N–H and O–H groups in total. The summed E-state index contributed by atoms with van der Waals surface area (Å²) in [6.45, 7) is 8.39. The molecule has 0 aliphatic carbocycles. The fourth-order valence-corrected chi connectivity index (χ4v) is 7.33. The van der Waals surface area contributed by atoms with Crippen LogP contribution in [0.2, 0.25) is 0 Å². The van der Waals surface area contributed by atoms with Crippen LogP contribution in [0.4, 0.5) is 3.89 Å². The van der Waals surface area contributed by atoms with Gasteiger partial charge < -0.3 is 0 Å². The summed E-state index contributed by atoms with van der Waals surface area (Å²) in [7, 11) is -6.18. The molecular weight excluding hydrogens is 236 g/mol. The van der Waals surface area contributed by atoms with Crippen molar-refractivity contribution in [2.75, 3.05) is 24.8 Å². The molecule has 0 bridgehead atoms. The summed E-state index contributed by atoms with van der Waals surface area (Å²) in [5.74, 6) is 0.542. The molecule has 3 nitrogen and oxygen atoms in total. The molecule has 0 unspecified atom stereocenters. The fraction of sp³-hybridized carbons (Fsp3) is 1.00. The van der Waals surface area contributed by atoms with Gasteiger partial charge in [-0.15, -0.1) is 0 Å². The van der Waals surface area contributed by atoms with Gasteiger partial charge in [0.15, 0.2) is 0 Å². The van der Waals surface area contributed by atoms with Crippen LogP contribution in [-0.4, -0.2) is 33.2 Å². The summed E-state index contributed by atoms with van der Waals surface area (Å²) in [6.07, 6.45) is 3.36. The molecule has 0 aliphatic rings. The van der Waals surface area contributed by atoms with E-state index in [0.717, 1.165) is 18.5 Å². The van der Waals surface area contributed by atoms with Gasteiger partial charge in [0.25, 0.3) is 0 Å². The van der Waals surface area contributed by atoms with Crippen LogP contribution in [0.5, 0.6) is 0 Å². The van der Waals surface area contributed by atoms with Crippen LogP contribution < -0.4 is 4.72 Å². The van der Waals surface area contributed by atoms with Crippen molar-refractivity contribution in [3.8, 4) is 0 Å². The van der Waals surface area contributed by atoms with Gasteiger partial charge in [-0.3, -0.25) is 0 Å². The number of hydrogen-bond donors (Lipinski definition) is 1. The number of nitrogens with one attached hydrogen (secondary N) is 1. The Hall–Kier alpha value is 0.270. The maximum absolute atomic E-state index is 12.4. The van der Waals surface area contributed by atoms with Crippen LogP contribution in [0.15, 0.2) is 0 Å². The Bertz CT molecular complexity index is 276. The second-order valence-corrected chi connectivity index (χ2v) is 10.9. The van der Waals surface area contributed by atoms with Gasteiger partial charge in [-0.05, 0) is 0 Å². The molecule has 94 valence electrons. The molecule has 0 saturated heterocycles. The van der Waals surface area contributed by atoms with Crippen LogP contribution >= 0.6 is 7.26 Å². The van der Waals surface area contributed by atoms with Gasteiger partial charge in [0, 0.05) is 0 Å². The van der Waals surface area contributed by atoms with E-state index in [9.17, 15) is 12.3 Å². The summed E-state index contributed by atoms with van der Waals surface area (Å²) in [5.41, 5.74) is 0. The van der Waals surface area contributed by atoms with Crippen molar-refractivity contribution in [3.05, 3.63) is 0 Å². The van der Waals surface area contributed by atoms with Crippen molar-refractivity contribution in [3.63, 3.8) is 0 Å². The minimum atomic E-state index is -4.53. The van der Waals surface area contributed by atoms with Crippen molar-refractivity contribution in [1.29, 1.82) is 0 Å². The summed E-state index contributed by atoms with van der Waals surface area (Å²) in [4.78, 5) is 0. The molecule has 0 radical (unpaired) electrons. The Morgan fingerprint density at radius 3 is 2.00 bits per heavy atom. The van der Waals surface area contributed by atoms with Gasteiger partial charge in [-0.2, -0.15) is 0 Å². The Kier molecular flexibility index (Phi) is 6.23. The molecule has 0 spiro atoms. The van der Waals surface area contributed by atoms with Gasteiger partial charge in [0.2, 0.25) is 0 Å².